The third-order valence-electron chi connectivity index (χ3n) is 4.23. The highest BCUT2D eigenvalue weighted by molar-refractivity contribution is 7.80. The number of hydrogen-bond donors (Lipinski definition) is 2. The molecule has 1 heterocycles. The van der Waals surface area contributed by atoms with Gasteiger partial charge in [0.25, 0.3) is 0 Å². The Kier molecular flexibility index (Phi) is 5.33. The Balaban J connectivity index is 1.57. The van der Waals surface area contributed by atoms with Crippen LogP contribution in [0.4, 0.5) is 0 Å². The molecule has 3 rings (SSSR count). The van der Waals surface area contributed by atoms with Gasteiger partial charge in [0.05, 0.1) is 5.71 Å². The number of rotatable bonds is 3. The fourth-order valence-electron chi connectivity index (χ4n) is 2.93. The average molecular weight is 333 g/mol. The largest absolute Gasteiger partial charge is 0.486 e. The Hall–Kier alpha value is -1.82. The predicted molar refractivity (Wildman–Crippen MR) is 95.4 cm³/mol. The van der Waals surface area contributed by atoms with Gasteiger partial charge in [0, 0.05) is 11.6 Å². The van der Waals surface area contributed by atoms with Crippen LogP contribution in [0.2, 0.25) is 0 Å². The lowest BCUT2D eigenvalue weighted by Gasteiger charge is -2.23. The van der Waals surface area contributed by atoms with Crippen LogP contribution in [0, 0.1) is 0 Å². The summed E-state index contributed by atoms with van der Waals surface area (Å²) in [6.45, 7) is 3.13. The molecule has 1 saturated carbocycles. The summed E-state index contributed by atoms with van der Waals surface area (Å²) in [5.74, 6) is 1.56. The summed E-state index contributed by atoms with van der Waals surface area (Å²) in [6, 6.07) is 6.33. The molecular weight excluding hydrogens is 310 g/mol. The Morgan fingerprint density at radius 1 is 1.13 bits per heavy atom. The molecule has 0 saturated heterocycles. The second-order valence-corrected chi connectivity index (χ2v) is 6.38. The van der Waals surface area contributed by atoms with E-state index in [-0.39, 0.29) is 0 Å². The molecule has 0 bridgehead atoms. The smallest absolute Gasteiger partial charge is 0.187 e. The number of benzene rings is 1. The van der Waals surface area contributed by atoms with Crippen LogP contribution in [0.15, 0.2) is 23.3 Å². The van der Waals surface area contributed by atoms with Gasteiger partial charge in [-0.2, -0.15) is 5.10 Å². The van der Waals surface area contributed by atoms with E-state index in [4.69, 9.17) is 21.7 Å². The molecule has 2 aliphatic rings. The maximum Gasteiger partial charge on any atom is 0.187 e. The standard InChI is InChI=1S/C17H23N3O2S/c1-12(13-7-8-15-16(11-13)22-10-9-21-15)19-20-17(23)18-14-5-3-2-4-6-14/h7-8,11,14H,2-6,9-10H2,1H3,(H2,18,20,23)/b19-12+. The summed E-state index contributed by atoms with van der Waals surface area (Å²) < 4.78 is 11.1. The molecule has 1 aromatic carbocycles. The first kappa shape index (κ1) is 16.1. The molecule has 1 aliphatic heterocycles. The van der Waals surface area contributed by atoms with Crippen molar-refractivity contribution in [2.45, 2.75) is 45.1 Å². The molecule has 0 spiro atoms. The van der Waals surface area contributed by atoms with E-state index in [2.05, 4.69) is 15.8 Å². The van der Waals surface area contributed by atoms with E-state index in [9.17, 15) is 0 Å². The topological polar surface area (TPSA) is 54.9 Å². The Morgan fingerprint density at radius 2 is 1.87 bits per heavy atom. The average Bonchev–Trinajstić information content (AvgIpc) is 2.60. The zero-order chi connectivity index (χ0) is 16.1. The van der Waals surface area contributed by atoms with Gasteiger partial charge in [0.2, 0.25) is 0 Å². The molecule has 0 atom stereocenters. The van der Waals surface area contributed by atoms with E-state index in [0.717, 1.165) is 22.8 Å². The van der Waals surface area contributed by atoms with Crippen molar-refractivity contribution < 1.29 is 9.47 Å². The molecule has 23 heavy (non-hydrogen) atoms. The molecule has 2 N–H and O–H groups in total. The number of fused-ring (bicyclic) bond motifs is 1. The van der Waals surface area contributed by atoms with Gasteiger partial charge >= 0.3 is 0 Å². The molecule has 1 aromatic rings. The van der Waals surface area contributed by atoms with Gasteiger partial charge < -0.3 is 14.8 Å². The van der Waals surface area contributed by atoms with Crippen LogP contribution in [0.3, 0.4) is 0 Å². The maximum atomic E-state index is 5.60. The van der Waals surface area contributed by atoms with Gasteiger partial charge in [0.1, 0.15) is 13.2 Å². The van der Waals surface area contributed by atoms with Gasteiger partial charge in [0.15, 0.2) is 16.6 Å². The molecule has 1 aliphatic carbocycles. The summed E-state index contributed by atoms with van der Waals surface area (Å²) in [7, 11) is 0. The third-order valence-corrected chi connectivity index (χ3v) is 4.43. The Morgan fingerprint density at radius 3 is 2.65 bits per heavy atom. The highest BCUT2D eigenvalue weighted by atomic mass is 32.1. The summed E-state index contributed by atoms with van der Waals surface area (Å²) in [5, 5.41) is 8.31. The zero-order valence-electron chi connectivity index (χ0n) is 13.4. The molecule has 0 aromatic heterocycles. The van der Waals surface area contributed by atoms with Crippen LogP contribution < -0.4 is 20.2 Å². The zero-order valence-corrected chi connectivity index (χ0v) is 14.2. The lowest BCUT2D eigenvalue weighted by Crippen LogP contribution is -2.41. The van der Waals surface area contributed by atoms with Gasteiger partial charge in [-0.1, -0.05) is 19.3 Å². The second kappa shape index (κ2) is 7.64. The Bertz CT molecular complexity index is 598. The fourth-order valence-corrected chi connectivity index (χ4v) is 3.14. The predicted octanol–water partition coefficient (Wildman–Crippen LogP) is 2.98. The second-order valence-electron chi connectivity index (χ2n) is 5.98. The van der Waals surface area contributed by atoms with Gasteiger partial charge in [-0.05, 0) is 50.2 Å². The van der Waals surface area contributed by atoms with Crippen LogP contribution in [0.25, 0.3) is 0 Å². The van der Waals surface area contributed by atoms with E-state index < -0.39 is 0 Å². The van der Waals surface area contributed by atoms with Crippen molar-refractivity contribution in [3.05, 3.63) is 23.8 Å². The molecule has 6 heteroatoms. The van der Waals surface area contributed by atoms with Crippen LogP contribution >= 0.6 is 12.2 Å². The van der Waals surface area contributed by atoms with E-state index >= 15 is 0 Å². The SMILES string of the molecule is C/C(=N\NC(=S)NC1CCCCC1)c1ccc2c(c1)OCCO2. The molecular formula is C17H23N3O2S. The van der Waals surface area contributed by atoms with Crippen molar-refractivity contribution >= 4 is 23.0 Å². The highest BCUT2D eigenvalue weighted by Gasteiger charge is 2.14. The van der Waals surface area contributed by atoms with Crippen molar-refractivity contribution in [3.8, 4) is 11.5 Å². The summed E-state index contributed by atoms with van der Waals surface area (Å²) >= 11 is 5.33. The first-order valence-electron chi connectivity index (χ1n) is 8.23. The van der Waals surface area contributed by atoms with Crippen molar-refractivity contribution in [2.75, 3.05) is 13.2 Å². The monoisotopic (exact) mass is 333 g/mol. The molecule has 0 unspecified atom stereocenters. The lowest BCUT2D eigenvalue weighted by atomic mass is 9.96. The van der Waals surface area contributed by atoms with Crippen LogP contribution in [0.5, 0.6) is 11.5 Å². The fraction of sp³-hybridized carbons (Fsp3) is 0.529. The normalized spacial score (nSPS) is 18.4. The number of nitrogens with zero attached hydrogens (tertiary/aromatic N) is 1. The molecule has 0 radical (unpaired) electrons. The molecule has 5 nitrogen and oxygen atoms in total. The van der Waals surface area contributed by atoms with Crippen LogP contribution in [-0.2, 0) is 0 Å². The van der Waals surface area contributed by atoms with Crippen molar-refractivity contribution in [1.82, 2.24) is 10.7 Å². The lowest BCUT2D eigenvalue weighted by molar-refractivity contribution is 0.171. The molecule has 0 amide bonds. The first-order valence-corrected chi connectivity index (χ1v) is 8.64. The summed E-state index contributed by atoms with van der Waals surface area (Å²) in [5.41, 5.74) is 4.79. The number of thiocarbonyl (C=S) groups is 1. The van der Waals surface area contributed by atoms with E-state index in [1.54, 1.807) is 0 Å². The number of ether oxygens (including phenoxy) is 2. The molecule has 1 fully saturated rings. The van der Waals surface area contributed by atoms with E-state index in [0.29, 0.717) is 24.4 Å². The minimum absolute atomic E-state index is 0.480. The first-order chi connectivity index (χ1) is 11.2. The third kappa shape index (κ3) is 4.34. The minimum atomic E-state index is 0.480. The maximum absolute atomic E-state index is 5.60. The number of nitrogens with one attached hydrogen (secondary N) is 2. The van der Waals surface area contributed by atoms with Crippen molar-refractivity contribution in [2.24, 2.45) is 5.10 Å². The Labute approximate surface area is 142 Å². The van der Waals surface area contributed by atoms with Gasteiger partial charge in [-0.15, -0.1) is 0 Å². The van der Waals surface area contributed by atoms with E-state index in [1.807, 2.05) is 25.1 Å². The number of hydrazone groups is 1. The summed E-state index contributed by atoms with van der Waals surface area (Å²) in [6.07, 6.45) is 6.26. The quantitative estimate of drug-likeness (QED) is 0.506. The van der Waals surface area contributed by atoms with E-state index in [1.165, 1.54) is 32.1 Å². The van der Waals surface area contributed by atoms with Crippen molar-refractivity contribution in [1.29, 1.82) is 0 Å². The van der Waals surface area contributed by atoms with Crippen LogP contribution in [-0.4, -0.2) is 30.1 Å². The van der Waals surface area contributed by atoms with Gasteiger partial charge in [-0.25, -0.2) is 0 Å². The van der Waals surface area contributed by atoms with Crippen molar-refractivity contribution in [3.63, 3.8) is 0 Å². The van der Waals surface area contributed by atoms with Gasteiger partial charge in [-0.3, -0.25) is 5.43 Å². The minimum Gasteiger partial charge on any atom is -0.486 e. The van der Waals surface area contributed by atoms with Crippen LogP contribution in [0.1, 0.15) is 44.6 Å². The molecule has 124 valence electrons. The summed E-state index contributed by atoms with van der Waals surface area (Å²) in [4.78, 5) is 0. The highest BCUT2D eigenvalue weighted by Crippen LogP contribution is 2.30. The number of hydrogen-bond acceptors (Lipinski definition) is 4.